The van der Waals surface area contributed by atoms with Crippen LogP contribution >= 0.6 is 34.8 Å². The van der Waals surface area contributed by atoms with Crippen LogP contribution in [0.2, 0.25) is 15.1 Å². The number of nitrogens with zero attached hydrogens (tertiary/aromatic N) is 2. The molecule has 1 fully saturated rings. The summed E-state index contributed by atoms with van der Waals surface area (Å²) in [5.41, 5.74) is 8.21. The molecule has 0 radical (unpaired) electrons. The minimum atomic E-state index is 0.267. The zero-order chi connectivity index (χ0) is 21.1. The van der Waals surface area contributed by atoms with Gasteiger partial charge >= 0.3 is 0 Å². The maximum Gasteiger partial charge on any atom is 0.0640 e. The molecule has 3 N–H and O–H groups in total. The van der Waals surface area contributed by atoms with Crippen molar-refractivity contribution in [2.75, 3.05) is 49.5 Å². The van der Waals surface area contributed by atoms with E-state index in [1.807, 2.05) is 36.4 Å². The Balaban J connectivity index is 1.36. The Kier molecular flexibility index (Phi) is 6.91. The minimum absolute atomic E-state index is 0.267. The Hall–Kier alpha value is -1.69. The van der Waals surface area contributed by atoms with Gasteiger partial charge in [0.2, 0.25) is 0 Å². The summed E-state index contributed by atoms with van der Waals surface area (Å²) < 4.78 is 0. The van der Waals surface area contributed by atoms with Gasteiger partial charge in [0.25, 0.3) is 0 Å². The fourth-order valence-electron chi connectivity index (χ4n) is 3.98. The normalized spacial score (nSPS) is 16.1. The largest absolute Gasteiger partial charge is 0.383 e. The molecule has 0 aliphatic carbocycles. The smallest absolute Gasteiger partial charge is 0.0640 e. The van der Waals surface area contributed by atoms with Crippen LogP contribution in [-0.2, 0) is 0 Å². The number of piperazine rings is 1. The molecule has 30 heavy (non-hydrogen) atoms. The molecule has 0 saturated carbocycles. The average molecular weight is 464 g/mol. The molecule has 3 aromatic carbocycles. The number of nitrogens with two attached hydrogens (primary N) is 1. The number of anilines is 2. The second-order valence-corrected chi connectivity index (χ2v) is 8.88. The Morgan fingerprint density at radius 2 is 1.50 bits per heavy atom. The molecule has 3 aromatic rings. The topological polar surface area (TPSA) is 44.5 Å². The van der Waals surface area contributed by atoms with Crippen LogP contribution in [0, 0.1) is 0 Å². The standard InChI is InChI=1S/C23H25Cl3N4/c24-18-3-1-17-12-20(5-2-16(17)11-18)28-15-21(14-27)29-7-9-30(10-8-29)23-13-19(25)4-6-22(23)26/h1-6,11-13,21,28H,7-10,14-15,27H2. The summed E-state index contributed by atoms with van der Waals surface area (Å²) in [5.74, 6) is 0. The van der Waals surface area contributed by atoms with Crippen LogP contribution in [0.4, 0.5) is 11.4 Å². The monoisotopic (exact) mass is 462 g/mol. The van der Waals surface area contributed by atoms with Crippen LogP contribution in [0.25, 0.3) is 10.8 Å². The van der Waals surface area contributed by atoms with E-state index >= 15 is 0 Å². The van der Waals surface area contributed by atoms with Crippen molar-refractivity contribution in [1.82, 2.24) is 4.90 Å². The van der Waals surface area contributed by atoms with E-state index in [0.29, 0.717) is 11.6 Å². The van der Waals surface area contributed by atoms with E-state index in [9.17, 15) is 0 Å². The van der Waals surface area contributed by atoms with Crippen molar-refractivity contribution < 1.29 is 0 Å². The van der Waals surface area contributed by atoms with Gasteiger partial charge in [-0.15, -0.1) is 0 Å². The van der Waals surface area contributed by atoms with Gasteiger partial charge in [0, 0.05) is 61.0 Å². The number of fused-ring (bicyclic) bond motifs is 1. The molecule has 7 heteroatoms. The van der Waals surface area contributed by atoms with Gasteiger partial charge in [0.1, 0.15) is 0 Å². The van der Waals surface area contributed by atoms with Crippen LogP contribution in [0.5, 0.6) is 0 Å². The van der Waals surface area contributed by atoms with Crippen molar-refractivity contribution in [3.8, 4) is 0 Å². The number of nitrogens with one attached hydrogen (secondary N) is 1. The first-order valence-electron chi connectivity index (χ1n) is 10.1. The summed E-state index contributed by atoms with van der Waals surface area (Å²) in [5, 5.41) is 8.06. The lowest BCUT2D eigenvalue weighted by Gasteiger charge is -2.40. The van der Waals surface area contributed by atoms with Crippen molar-refractivity contribution in [3.63, 3.8) is 0 Å². The molecule has 1 heterocycles. The molecule has 1 aliphatic heterocycles. The fourth-order valence-corrected chi connectivity index (χ4v) is 4.56. The van der Waals surface area contributed by atoms with Gasteiger partial charge in [-0.1, -0.05) is 46.9 Å². The van der Waals surface area contributed by atoms with Crippen LogP contribution in [0.3, 0.4) is 0 Å². The first-order valence-corrected chi connectivity index (χ1v) is 11.2. The molecule has 0 bridgehead atoms. The number of benzene rings is 3. The molecule has 0 amide bonds. The first-order chi connectivity index (χ1) is 14.5. The van der Waals surface area contributed by atoms with Crippen molar-refractivity contribution in [2.45, 2.75) is 6.04 Å². The second-order valence-electron chi connectivity index (χ2n) is 7.60. The summed E-state index contributed by atoms with van der Waals surface area (Å²) in [6.07, 6.45) is 0. The highest BCUT2D eigenvalue weighted by Crippen LogP contribution is 2.30. The van der Waals surface area contributed by atoms with Gasteiger partial charge in [-0.05, 0) is 53.2 Å². The van der Waals surface area contributed by atoms with E-state index in [-0.39, 0.29) is 6.04 Å². The van der Waals surface area contributed by atoms with E-state index in [1.54, 1.807) is 0 Å². The van der Waals surface area contributed by atoms with Gasteiger partial charge < -0.3 is 16.0 Å². The fraction of sp³-hybridized carbons (Fsp3) is 0.304. The molecular weight excluding hydrogens is 439 g/mol. The number of hydrogen-bond acceptors (Lipinski definition) is 4. The van der Waals surface area contributed by atoms with Gasteiger partial charge in [-0.3, -0.25) is 4.90 Å². The van der Waals surface area contributed by atoms with E-state index in [1.165, 1.54) is 5.39 Å². The van der Waals surface area contributed by atoms with Crippen LogP contribution < -0.4 is 16.0 Å². The molecule has 1 atom stereocenters. The van der Waals surface area contributed by atoms with Gasteiger partial charge in [-0.2, -0.15) is 0 Å². The zero-order valence-electron chi connectivity index (χ0n) is 16.6. The Labute approximate surface area is 192 Å². The number of hydrogen-bond donors (Lipinski definition) is 2. The quantitative estimate of drug-likeness (QED) is 0.516. The first kappa shape index (κ1) is 21.5. The van der Waals surface area contributed by atoms with Gasteiger partial charge in [0.15, 0.2) is 0 Å². The van der Waals surface area contributed by atoms with Crippen LogP contribution in [0.1, 0.15) is 0 Å². The highest BCUT2D eigenvalue weighted by molar-refractivity contribution is 6.35. The Bertz CT molecular complexity index is 1020. The molecular formula is C23H25Cl3N4. The molecule has 1 aliphatic rings. The molecule has 4 nitrogen and oxygen atoms in total. The maximum atomic E-state index is 6.37. The predicted octanol–water partition coefficient (Wildman–Crippen LogP) is 5.36. The third-order valence-electron chi connectivity index (χ3n) is 5.70. The predicted molar refractivity (Wildman–Crippen MR) is 131 cm³/mol. The lowest BCUT2D eigenvalue weighted by Crippen LogP contribution is -2.54. The second kappa shape index (κ2) is 9.63. The maximum absolute atomic E-state index is 6.37. The van der Waals surface area contributed by atoms with Crippen molar-refractivity contribution >= 4 is 57.0 Å². The summed E-state index contributed by atoms with van der Waals surface area (Å²) in [6.45, 7) is 5.06. The van der Waals surface area contributed by atoms with Gasteiger partial charge in [-0.25, -0.2) is 0 Å². The third-order valence-corrected chi connectivity index (χ3v) is 6.49. The summed E-state index contributed by atoms with van der Waals surface area (Å²) in [7, 11) is 0. The average Bonchev–Trinajstić information content (AvgIpc) is 2.76. The van der Waals surface area contributed by atoms with Crippen LogP contribution in [0.15, 0.2) is 54.6 Å². The molecule has 0 aromatic heterocycles. The zero-order valence-corrected chi connectivity index (χ0v) is 18.9. The van der Waals surface area contributed by atoms with Crippen molar-refractivity contribution in [1.29, 1.82) is 0 Å². The molecule has 1 unspecified atom stereocenters. The highest BCUT2D eigenvalue weighted by atomic mass is 35.5. The summed E-state index contributed by atoms with van der Waals surface area (Å²) in [4.78, 5) is 4.74. The van der Waals surface area contributed by atoms with Crippen molar-refractivity contribution in [2.24, 2.45) is 5.73 Å². The summed E-state index contributed by atoms with van der Waals surface area (Å²) >= 11 is 18.6. The van der Waals surface area contributed by atoms with Crippen LogP contribution in [-0.4, -0.2) is 50.2 Å². The van der Waals surface area contributed by atoms with Gasteiger partial charge in [0.05, 0.1) is 10.7 Å². The van der Waals surface area contributed by atoms with E-state index in [2.05, 4.69) is 33.3 Å². The molecule has 4 rings (SSSR count). The van der Waals surface area contributed by atoms with E-state index in [0.717, 1.165) is 59.5 Å². The molecule has 1 saturated heterocycles. The SMILES string of the molecule is NCC(CNc1ccc2cc(Cl)ccc2c1)N1CCN(c2cc(Cl)ccc2Cl)CC1. The highest BCUT2D eigenvalue weighted by Gasteiger charge is 2.24. The number of halogens is 3. The number of rotatable bonds is 6. The van der Waals surface area contributed by atoms with E-state index < -0.39 is 0 Å². The Morgan fingerprint density at radius 1 is 0.833 bits per heavy atom. The minimum Gasteiger partial charge on any atom is -0.383 e. The molecule has 158 valence electrons. The lowest BCUT2D eigenvalue weighted by atomic mass is 10.1. The lowest BCUT2D eigenvalue weighted by molar-refractivity contribution is 0.196. The van der Waals surface area contributed by atoms with E-state index in [4.69, 9.17) is 40.5 Å². The third kappa shape index (κ3) is 4.96. The van der Waals surface area contributed by atoms with Crippen molar-refractivity contribution in [3.05, 3.63) is 69.7 Å². The Morgan fingerprint density at radius 3 is 2.27 bits per heavy atom. The summed E-state index contributed by atoms with van der Waals surface area (Å²) in [6, 6.07) is 18.2. The molecule has 0 spiro atoms.